The predicted octanol–water partition coefficient (Wildman–Crippen LogP) is 1.37. The molecule has 0 saturated heterocycles. The van der Waals surface area contributed by atoms with Crippen molar-refractivity contribution >= 4 is 5.91 Å². The first kappa shape index (κ1) is 13.7. The molecule has 0 atom stereocenters. The van der Waals surface area contributed by atoms with E-state index in [-0.39, 0.29) is 23.0 Å². The fraction of sp³-hybridized carbons (Fsp3) is 0.0833. The Labute approximate surface area is 101 Å². The smallest absolute Gasteiger partial charge is 0.195 e. The van der Waals surface area contributed by atoms with Crippen LogP contribution in [-0.2, 0) is 17.1 Å². The number of carbonyl (C=O) groups is 1. The summed E-state index contributed by atoms with van der Waals surface area (Å²) >= 11 is 0. The Hall–Kier alpha value is -1.31. The number of hydrogen-bond acceptors (Lipinski definition) is 1. The summed E-state index contributed by atoms with van der Waals surface area (Å²) < 4.78 is 0. The van der Waals surface area contributed by atoms with Crippen molar-refractivity contribution in [2.45, 2.75) is 0 Å². The van der Waals surface area contributed by atoms with Gasteiger partial charge in [-0.2, -0.15) is 12.1 Å². The molecule has 2 rings (SSSR count). The summed E-state index contributed by atoms with van der Waals surface area (Å²) in [6.45, 7) is 0. The van der Waals surface area contributed by atoms with Crippen molar-refractivity contribution in [1.29, 1.82) is 0 Å². The minimum atomic E-state index is -0.0278. The largest absolute Gasteiger partial charge is 0.999 e. The fourth-order valence-corrected chi connectivity index (χ4v) is 0.850. The average molecular weight is 239 g/mol. The molecule has 1 amide bonds. The van der Waals surface area contributed by atoms with Gasteiger partial charge in [0.1, 0.15) is 0 Å². The molecule has 0 heterocycles. The molecule has 0 radical (unpaired) electrons. The quantitative estimate of drug-likeness (QED) is 0.591. The monoisotopic (exact) mass is 239 g/mol. The van der Waals surface area contributed by atoms with Crippen LogP contribution in [0.1, 0.15) is 10.4 Å². The van der Waals surface area contributed by atoms with E-state index in [2.05, 4.69) is 29.6 Å². The van der Waals surface area contributed by atoms with Crippen LogP contribution in [0.25, 0.3) is 0 Å². The third-order valence-corrected chi connectivity index (χ3v) is 1.50. The van der Waals surface area contributed by atoms with Gasteiger partial charge in [0.2, 0.25) is 0 Å². The Kier molecular flexibility index (Phi) is 7.33. The molecule has 0 unspecified atom stereocenters. The Morgan fingerprint density at radius 3 is 2.13 bits per heavy atom. The van der Waals surface area contributed by atoms with Gasteiger partial charge in [-0.15, -0.1) is 0 Å². The van der Waals surface area contributed by atoms with E-state index in [4.69, 9.17) is 0 Å². The molecule has 1 N–H and O–H groups in total. The van der Waals surface area contributed by atoms with Gasteiger partial charge < -0.3 is 35.6 Å². The van der Waals surface area contributed by atoms with Crippen LogP contribution in [0.2, 0.25) is 0 Å². The van der Waals surface area contributed by atoms with Gasteiger partial charge in [0.05, 0.1) is 0 Å². The second kappa shape index (κ2) is 8.04. The third kappa shape index (κ3) is 5.21. The molecule has 0 aliphatic heterocycles. The van der Waals surface area contributed by atoms with E-state index in [0.29, 0.717) is 0 Å². The van der Waals surface area contributed by atoms with Crippen LogP contribution in [0.15, 0.2) is 30.3 Å². The number of amides is 1. The molecule has 2 nitrogen and oxygen atoms in total. The molecule has 0 spiro atoms. The van der Waals surface area contributed by atoms with Crippen LogP contribution in [0.5, 0.6) is 0 Å². The maximum atomic E-state index is 10.8. The first-order chi connectivity index (χ1) is 6.84. The van der Waals surface area contributed by atoms with Crippen LogP contribution >= 0.6 is 0 Å². The number of nitrogens with one attached hydrogen (secondary N) is 1. The molecule has 0 aliphatic rings. The Morgan fingerprint density at radius 2 is 1.80 bits per heavy atom. The maximum Gasteiger partial charge on any atom is 0.195 e. The van der Waals surface area contributed by atoms with E-state index in [1.54, 1.807) is 25.2 Å². The van der Waals surface area contributed by atoms with Gasteiger partial charge in [-0.1, -0.05) is 5.56 Å². The molecule has 0 fully saturated rings. The molecule has 0 bridgehead atoms. The Morgan fingerprint density at radius 1 is 1.27 bits per heavy atom. The summed E-state index contributed by atoms with van der Waals surface area (Å²) in [6.07, 6.45) is 0. The summed E-state index contributed by atoms with van der Waals surface area (Å²) in [5.41, 5.74) is 0.720. The minimum Gasteiger partial charge on any atom is -0.999 e. The summed E-state index contributed by atoms with van der Waals surface area (Å²) in [7, 11) is 1.62. The number of carbonyl (C=O) groups excluding carboxylic acids is 1. The molecular formula is C12H9FeNO-6. The molecule has 2 aromatic carbocycles. The van der Waals surface area contributed by atoms with Gasteiger partial charge >= 0.3 is 0 Å². The van der Waals surface area contributed by atoms with E-state index >= 15 is 0 Å². The summed E-state index contributed by atoms with van der Waals surface area (Å²) in [4.78, 5) is 10.8. The first-order valence-corrected chi connectivity index (χ1v) is 4.11. The van der Waals surface area contributed by atoms with Crippen LogP contribution in [-0.4, -0.2) is 13.0 Å². The second-order valence-corrected chi connectivity index (χ2v) is 2.44. The van der Waals surface area contributed by atoms with Crippen molar-refractivity contribution in [3.05, 3.63) is 60.2 Å². The number of hydrogen-bond donors (Lipinski definition) is 1. The van der Waals surface area contributed by atoms with Crippen LogP contribution in [0.3, 0.4) is 0 Å². The van der Waals surface area contributed by atoms with E-state index in [1.165, 1.54) is 0 Å². The zero-order valence-corrected chi connectivity index (χ0v) is 9.25. The Bertz CT molecular complexity index is 320. The normalized spacial score (nSPS) is 8.07. The van der Waals surface area contributed by atoms with E-state index in [9.17, 15) is 4.79 Å². The standard InChI is InChI=1S/C7H8NO.C5H.Fe/c1-8-7(9)6-4-2-3-5-6;1-2-4-5-3-1;/h2-5H,1H3,(H,8,9);1H;/q-1;-5;. The van der Waals surface area contributed by atoms with Crippen molar-refractivity contribution in [3.8, 4) is 0 Å². The van der Waals surface area contributed by atoms with Crippen molar-refractivity contribution in [1.82, 2.24) is 5.32 Å². The summed E-state index contributed by atoms with van der Waals surface area (Å²) in [5, 5.41) is 2.53. The molecule has 0 aliphatic carbocycles. The van der Waals surface area contributed by atoms with Gasteiger partial charge in [-0.25, -0.2) is 12.1 Å². The van der Waals surface area contributed by atoms with Gasteiger partial charge in [0, 0.05) is 24.1 Å². The Balaban J connectivity index is 0.000000280. The van der Waals surface area contributed by atoms with E-state index < -0.39 is 0 Å². The topological polar surface area (TPSA) is 29.1 Å². The van der Waals surface area contributed by atoms with Gasteiger partial charge in [-0.3, -0.25) is 4.79 Å². The molecule has 0 saturated carbocycles. The van der Waals surface area contributed by atoms with Crippen LogP contribution in [0.4, 0.5) is 0 Å². The zero-order valence-electron chi connectivity index (χ0n) is 8.15. The van der Waals surface area contributed by atoms with Gasteiger partial charge in [-0.05, 0) is 0 Å². The SMILES string of the molecule is CNC(=O)[c-]1cccc1.[Fe].[c-]1[c-][c-][cH-][c-]1. The molecule has 82 valence electrons. The second-order valence-electron chi connectivity index (χ2n) is 2.44. The molecule has 0 aromatic heterocycles. The summed E-state index contributed by atoms with van der Waals surface area (Å²) in [6, 6.07) is 19.2. The molecule has 3 heteroatoms. The molecule has 15 heavy (non-hydrogen) atoms. The van der Waals surface area contributed by atoms with Crippen molar-refractivity contribution in [2.24, 2.45) is 0 Å². The van der Waals surface area contributed by atoms with Crippen LogP contribution < -0.4 is 5.32 Å². The first-order valence-electron chi connectivity index (χ1n) is 4.11. The van der Waals surface area contributed by atoms with Crippen LogP contribution in [0, 0.1) is 24.3 Å². The van der Waals surface area contributed by atoms with Gasteiger partial charge in [0.15, 0.2) is 5.91 Å². The van der Waals surface area contributed by atoms with Crippen molar-refractivity contribution in [2.75, 3.05) is 7.05 Å². The molecular weight excluding hydrogens is 230 g/mol. The minimum absolute atomic E-state index is 0. The van der Waals surface area contributed by atoms with Crippen molar-refractivity contribution in [3.63, 3.8) is 0 Å². The third-order valence-electron chi connectivity index (χ3n) is 1.50. The number of rotatable bonds is 1. The zero-order chi connectivity index (χ0) is 10.2. The average Bonchev–Trinajstić information content (AvgIpc) is 2.91. The van der Waals surface area contributed by atoms with E-state index in [0.717, 1.165) is 5.56 Å². The summed E-state index contributed by atoms with van der Waals surface area (Å²) in [5.74, 6) is -0.0278. The fourth-order valence-electron chi connectivity index (χ4n) is 0.850. The maximum absolute atomic E-state index is 10.8. The molecule has 2 aromatic rings. The predicted molar refractivity (Wildman–Crippen MR) is 52.8 cm³/mol. The van der Waals surface area contributed by atoms with E-state index in [1.807, 2.05) is 12.1 Å². The van der Waals surface area contributed by atoms with Gasteiger partial charge in [0.25, 0.3) is 0 Å². The van der Waals surface area contributed by atoms with Crippen molar-refractivity contribution < 1.29 is 21.9 Å².